The number of imide groups is 1. The Morgan fingerprint density at radius 3 is 2.17 bits per heavy atom. The van der Waals surface area contributed by atoms with Crippen LogP contribution in [0.1, 0.15) is 43.1 Å². The maximum atomic E-state index is 13.2. The number of ether oxygens (including phenoxy) is 1. The molecule has 178 valence electrons. The lowest BCUT2D eigenvalue weighted by molar-refractivity contribution is 0.0420. The number of hydrogen-bond acceptors (Lipinski definition) is 6. The SMILES string of the molecule is O=C(OCCN1C(=O)c2ccccc2C1=O)c1ccc(S(=O)(=O)N2CCCc3ccccc32)cc1. The first-order valence-corrected chi connectivity index (χ1v) is 12.6. The zero-order valence-electron chi connectivity index (χ0n) is 18.7. The third kappa shape index (κ3) is 4.08. The monoisotopic (exact) mass is 490 g/mol. The van der Waals surface area contributed by atoms with Crippen LogP contribution in [0, 0.1) is 0 Å². The number of rotatable bonds is 6. The van der Waals surface area contributed by atoms with Gasteiger partial charge in [0.15, 0.2) is 0 Å². The fourth-order valence-corrected chi connectivity index (χ4v) is 5.94. The fourth-order valence-electron chi connectivity index (χ4n) is 4.39. The zero-order chi connectivity index (χ0) is 24.6. The highest BCUT2D eigenvalue weighted by Gasteiger charge is 2.35. The van der Waals surface area contributed by atoms with E-state index in [9.17, 15) is 22.8 Å². The van der Waals surface area contributed by atoms with Gasteiger partial charge in [0, 0.05) is 6.54 Å². The smallest absolute Gasteiger partial charge is 0.338 e. The summed E-state index contributed by atoms with van der Waals surface area (Å²) >= 11 is 0. The normalized spacial score (nSPS) is 15.1. The molecular formula is C26H22N2O6S. The molecule has 2 aliphatic rings. The van der Waals surface area contributed by atoms with E-state index in [1.807, 2.05) is 18.2 Å². The summed E-state index contributed by atoms with van der Waals surface area (Å²) in [6.07, 6.45) is 1.56. The Balaban J connectivity index is 1.23. The molecule has 2 heterocycles. The minimum atomic E-state index is -3.78. The maximum absolute atomic E-state index is 13.2. The molecular weight excluding hydrogens is 468 g/mol. The second-order valence-electron chi connectivity index (χ2n) is 8.28. The number of nitrogens with zero attached hydrogens (tertiary/aromatic N) is 2. The van der Waals surface area contributed by atoms with Crippen LogP contribution in [0.3, 0.4) is 0 Å². The van der Waals surface area contributed by atoms with Crippen LogP contribution in [0.2, 0.25) is 0 Å². The Bertz CT molecular complexity index is 1400. The summed E-state index contributed by atoms with van der Waals surface area (Å²) in [4.78, 5) is 38.4. The number of esters is 1. The van der Waals surface area contributed by atoms with Crippen LogP contribution in [-0.4, -0.2) is 50.8 Å². The van der Waals surface area contributed by atoms with Gasteiger partial charge in [0.05, 0.1) is 33.8 Å². The average Bonchev–Trinajstić information content (AvgIpc) is 3.13. The van der Waals surface area contributed by atoms with E-state index in [4.69, 9.17) is 4.74 Å². The van der Waals surface area contributed by atoms with Crippen molar-refractivity contribution in [3.63, 3.8) is 0 Å². The molecule has 5 rings (SSSR count). The molecule has 3 aromatic rings. The second-order valence-corrected chi connectivity index (χ2v) is 10.1. The van der Waals surface area contributed by atoms with Crippen molar-refractivity contribution >= 4 is 33.5 Å². The number of hydrogen-bond donors (Lipinski definition) is 0. The number of anilines is 1. The van der Waals surface area contributed by atoms with Crippen LogP contribution in [0.15, 0.2) is 77.7 Å². The highest BCUT2D eigenvalue weighted by Crippen LogP contribution is 2.31. The molecule has 2 aliphatic heterocycles. The molecule has 0 saturated heterocycles. The summed E-state index contributed by atoms with van der Waals surface area (Å²) in [6.45, 7) is 0.148. The van der Waals surface area contributed by atoms with E-state index >= 15 is 0 Å². The zero-order valence-corrected chi connectivity index (χ0v) is 19.5. The molecule has 0 fully saturated rings. The van der Waals surface area contributed by atoms with Crippen molar-refractivity contribution in [2.24, 2.45) is 0 Å². The van der Waals surface area contributed by atoms with Crippen LogP contribution in [0.4, 0.5) is 5.69 Å². The van der Waals surface area contributed by atoms with Gasteiger partial charge in [-0.25, -0.2) is 13.2 Å². The van der Waals surface area contributed by atoms with Crippen molar-refractivity contribution in [3.05, 3.63) is 95.1 Å². The lowest BCUT2D eigenvalue weighted by atomic mass is 10.0. The summed E-state index contributed by atoms with van der Waals surface area (Å²) in [5.41, 5.74) is 2.50. The number of para-hydroxylation sites is 1. The molecule has 0 saturated carbocycles. The number of amides is 2. The molecule has 0 aromatic heterocycles. The van der Waals surface area contributed by atoms with Crippen molar-refractivity contribution in [2.75, 3.05) is 24.0 Å². The van der Waals surface area contributed by atoms with E-state index in [1.54, 1.807) is 30.3 Å². The van der Waals surface area contributed by atoms with Crippen molar-refractivity contribution < 1.29 is 27.5 Å². The molecule has 0 unspecified atom stereocenters. The number of fused-ring (bicyclic) bond motifs is 2. The topological polar surface area (TPSA) is 101 Å². The average molecular weight is 491 g/mol. The standard InChI is InChI=1S/C26H22N2O6S/c29-24-21-8-2-3-9-22(21)25(30)27(24)16-17-34-26(31)19-11-13-20(14-12-19)35(32,33)28-15-5-7-18-6-1-4-10-23(18)28/h1-4,6,8-14H,5,7,15-17H2. The van der Waals surface area contributed by atoms with Gasteiger partial charge >= 0.3 is 5.97 Å². The Morgan fingerprint density at radius 1 is 0.857 bits per heavy atom. The van der Waals surface area contributed by atoms with E-state index in [-0.39, 0.29) is 23.6 Å². The minimum Gasteiger partial charge on any atom is -0.460 e. The predicted octanol–water partition coefficient (Wildman–Crippen LogP) is 3.28. The first-order valence-electron chi connectivity index (χ1n) is 11.2. The molecule has 35 heavy (non-hydrogen) atoms. The molecule has 0 spiro atoms. The first-order chi connectivity index (χ1) is 16.9. The summed E-state index contributed by atoms with van der Waals surface area (Å²) in [5.74, 6) is -1.51. The van der Waals surface area contributed by atoms with Crippen molar-refractivity contribution in [1.29, 1.82) is 0 Å². The van der Waals surface area contributed by atoms with E-state index in [0.29, 0.717) is 23.4 Å². The van der Waals surface area contributed by atoms with Gasteiger partial charge < -0.3 is 4.74 Å². The quantitative estimate of drug-likeness (QED) is 0.388. The summed E-state index contributed by atoms with van der Waals surface area (Å²) < 4.78 is 33.1. The molecule has 0 N–H and O–H groups in total. The van der Waals surface area contributed by atoms with Gasteiger partial charge in [-0.1, -0.05) is 30.3 Å². The number of aryl methyl sites for hydroxylation is 1. The van der Waals surface area contributed by atoms with E-state index in [0.717, 1.165) is 23.3 Å². The van der Waals surface area contributed by atoms with Crippen LogP contribution < -0.4 is 4.31 Å². The van der Waals surface area contributed by atoms with E-state index in [2.05, 4.69) is 0 Å². The van der Waals surface area contributed by atoms with Crippen LogP contribution in [0.5, 0.6) is 0 Å². The molecule has 2 amide bonds. The van der Waals surface area contributed by atoms with Crippen LogP contribution in [-0.2, 0) is 21.2 Å². The van der Waals surface area contributed by atoms with Crippen LogP contribution in [0.25, 0.3) is 0 Å². The van der Waals surface area contributed by atoms with Gasteiger partial charge in [-0.15, -0.1) is 0 Å². The fraction of sp³-hybridized carbons (Fsp3) is 0.192. The summed E-state index contributed by atoms with van der Waals surface area (Å²) in [7, 11) is -3.78. The Morgan fingerprint density at radius 2 is 1.49 bits per heavy atom. The first kappa shape index (κ1) is 22.8. The number of sulfonamides is 1. The predicted molar refractivity (Wildman–Crippen MR) is 128 cm³/mol. The number of carbonyl (C=O) groups is 3. The Hall–Kier alpha value is -3.98. The van der Waals surface area contributed by atoms with Crippen molar-refractivity contribution in [1.82, 2.24) is 4.90 Å². The van der Waals surface area contributed by atoms with Gasteiger partial charge in [-0.3, -0.25) is 18.8 Å². The van der Waals surface area contributed by atoms with Crippen molar-refractivity contribution in [3.8, 4) is 0 Å². The maximum Gasteiger partial charge on any atom is 0.338 e. The lowest BCUT2D eigenvalue weighted by Crippen LogP contribution is -2.35. The number of carbonyl (C=O) groups excluding carboxylic acids is 3. The van der Waals surface area contributed by atoms with Gasteiger partial charge in [0.2, 0.25) is 0 Å². The molecule has 8 nitrogen and oxygen atoms in total. The third-order valence-corrected chi connectivity index (χ3v) is 8.00. The molecule has 0 radical (unpaired) electrons. The van der Waals surface area contributed by atoms with Crippen LogP contribution >= 0.6 is 0 Å². The number of benzene rings is 3. The largest absolute Gasteiger partial charge is 0.460 e. The highest BCUT2D eigenvalue weighted by atomic mass is 32.2. The molecule has 0 aliphatic carbocycles. The van der Waals surface area contributed by atoms with E-state index in [1.165, 1.54) is 28.6 Å². The van der Waals surface area contributed by atoms with Gasteiger partial charge in [0.1, 0.15) is 6.61 Å². The van der Waals surface area contributed by atoms with Gasteiger partial charge in [0.25, 0.3) is 21.8 Å². The second kappa shape index (κ2) is 8.99. The van der Waals surface area contributed by atoms with Gasteiger partial charge in [-0.2, -0.15) is 0 Å². The molecule has 3 aromatic carbocycles. The third-order valence-electron chi connectivity index (χ3n) is 6.17. The van der Waals surface area contributed by atoms with Crippen molar-refractivity contribution in [2.45, 2.75) is 17.7 Å². The minimum absolute atomic E-state index is 0.0705. The summed E-state index contributed by atoms with van der Waals surface area (Å²) in [6, 6.07) is 19.5. The molecule has 0 atom stereocenters. The Labute approximate surface area is 202 Å². The molecule has 9 heteroatoms. The molecule has 0 bridgehead atoms. The Kier molecular flexibility index (Phi) is 5.86. The highest BCUT2D eigenvalue weighted by molar-refractivity contribution is 7.92. The summed E-state index contributed by atoms with van der Waals surface area (Å²) in [5, 5.41) is 0. The van der Waals surface area contributed by atoms with E-state index < -0.39 is 27.8 Å². The van der Waals surface area contributed by atoms with Gasteiger partial charge in [-0.05, 0) is 60.9 Å². The lowest BCUT2D eigenvalue weighted by Gasteiger charge is -2.30.